The number of aryl methyl sites for hydroxylation is 2. The van der Waals surface area contributed by atoms with Gasteiger partial charge in [-0.15, -0.1) is 0 Å². The van der Waals surface area contributed by atoms with E-state index in [1.165, 1.54) is 0 Å². The van der Waals surface area contributed by atoms with E-state index in [1.54, 1.807) is 22.9 Å². The molecule has 0 aromatic carbocycles. The third-order valence-corrected chi connectivity index (χ3v) is 2.09. The minimum atomic E-state index is 0.541. The van der Waals surface area contributed by atoms with Gasteiger partial charge in [-0.25, -0.2) is 9.97 Å². The summed E-state index contributed by atoms with van der Waals surface area (Å²) < 4.78 is 1.67. The first-order valence-corrected chi connectivity index (χ1v) is 4.66. The van der Waals surface area contributed by atoms with Crippen LogP contribution in [-0.2, 0) is 0 Å². The van der Waals surface area contributed by atoms with Crippen LogP contribution in [0.4, 0.5) is 0 Å². The van der Waals surface area contributed by atoms with Gasteiger partial charge in [0.05, 0.1) is 5.69 Å². The van der Waals surface area contributed by atoms with E-state index in [0.717, 1.165) is 17.7 Å². The number of aromatic nitrogens is 3. The van der Waals surface area contributed by atoms with Gasteiger partial charge < -0.3 is 0 Å². The van der Waals surface area contributed by atoms with Crippen molar-refractivity contribution in [1.82, 2.24) is 14.5 Å². The molecule has 0 aliphatic carbocycles. The summed E-state index contributed by atoms with van der Waals surface area (Å²) in [6, 6.07) is 5.42. The van der Waals surface area contributed by atoms with Crippen molar-refractivity contribution in [2.75, 3.05) is 0 Å². The first-order chi connectivity index (χ1) is 7.20. The van der Waals surface area contributed by atoms with Crippen molar-refractivity contribution in [2.45, 2.75) is 13.8 Å². The SMILES string of the molecule is Cc1cc(C)nc(-n2cccc2C=O)n1. The van der Waals surface area contributed by atoms with E-state index in [1.807, 2.05) is 19.9 Å². The standard InChI is InChI=1S/C11H11N3O/c1-8-6-9(2)13-11(12-8)14-5-3-4-10(14)7-15/h3-7H,1-2H3. The van der Waals surface area contributed by atoms with Gasteiger partial charge in [-0.05, 0) is 32.0 Å². The molecule has 15 heavy (non-hydrogen) atoms. The molecule has 4 heteroatoms. The highest BCUT2D eigenvalue weighted by Crippen LogP contribution is 2.08. The number of nitrogens with zero attached hydrogens (tertiary/aromatic N) is 3. The Hall–Kier alpha value is -1.97. The van der Waals surface area contributed by atoms with Crippen molar-refractivity contribution >= 4 is 6.29 Å². The minimum Gasteiger partial charge on any atom is -0.296 e. The summed E-state index contributed by atoms with van der Waals surface area (Å²) in [5.41, 5.74) is 2.34. The monoisotopic (exact) mass is 201 g/mol. The van der Waals surface area contributed by atoms with Crippen LogP contribution in [0, 0.1) is 13.8 Å². The fraction of sp³-hybridized carbons (Fsp3) is 0.182. The highest BCUT2D eigenvalue weighted by Gasteiger charge is 2.05. The number of rotatable bonds is 2. The van der Waals surface area contributed by atoms with Crippen LogP contribution in [0.3, 0.4) is 0 Å². The topological polar surface area (TPSA) is 47.8 Å². The molecule has 0 N–H and O–H groups in total. The summed E-state index contributed by atoms with van der Waals surface area (Å²) in [4.78, 5) is 19.3. The van der Waals surface area contributed by atoms with Crippen LogP contribution in [0.5, 0.6) is 0 Å². The lowest BCUT2D eigenvalue weighted by atomic mass is 10.3. The van der Waals surface area contributed by atoms with E-state index in [0.29, 0.717) is 11.6 Å². The predicted octanol–water partition coefficient (Wildman–Crippen LogP) is 1.70. The second-order valence-corrected chi connectivity index (χ2v) is 3.37. The second kappa shape index (κ2) is 3.65. The smallest absolute Gasteiger partial charge is 0.234 e. The summed E-state index contributed by atoms with van der Waals surface area (Å²) in [5, 5.41) is 0. The van der Waals surface area contributed by atoms with E-state index in [9.17, 15) is 4.79 Å². The van der Waals surface area contributed by atoms with E-state index in [-0.39, 0.29) is 0 Å². The van der Waals surface area contributed by atoms with Crippen molar-refractivity contribution in [1.29, 1.82) is 0 Å². The van der Waals surface area contributed by atoms with Crippen molar-refractivity contribution in [2.24, 2.45) is 0 Å². The third-order valence-electron chi connectivity index (χ3n) is 2.09. The molecule has 2 rings (SSSR count). The maximum atomic E-state index is 10.8. The molecule has 0 aliphatic heterocycles. The Labute approximate surface area is 87.6 Å². The fourth-order valence-corrected chi connectivity index (χ4v) is 1.49. The lowest BCUT2D eigenvalue weighted by Gasteiger charge is -2.05. The molecular weight excluding hydrogens is 190 g/mol. The van der Waals surface area contributed by atoms with Crippen molar-refractivity contribution in [3.8, 4) is 5.95 Å². The molecule has 0 saturated heterocycles. The Bertz CT molecular complexity index is 482. The molecular formula is C11H11N3O. The molecule has 0 bridgehead atoms. The maximum absolute atomic E-state index is 10.8. The Morgan fingerprint density at radius 3 is 2.53 bits per heavy atom. The summed E-state index contributed by atoms with van der Waals surface area (Å²) in [7, 11) is 0. The van der Waals surface area contributed by atoms with E-state index in [2.05, 4.69) is 9.97 Å². The average molecular weight is 201 g/mol. The molecule has 0 fully saturated rings. The quantitative estimate of drug-likeness (QED) is 0.695. The summed E-state index contributed by atoms with van der Waals surface area (Å²) in [5.74, 6) is 0.541. The molecule has 0 unspecified atom stereocenters. The van der Waals surface area contributed by atoms with Crippen LogP contribution in [0.1, 0.15) is 21.9 Å². The molecule has 4 nitrogen and oxygen atoms in total. The van der Waals surface area contributed by atoms with Crippen LogP contribution in [0.2, 0.25) is 0 Å². The van der Waals surface area contributed by atoms with Crippen LogP contribution in [0.15, 0.2) is 24.4 Å². The zero-order valence-corrected chi connectivity index (χ0v) is 8.64. The highest BCUT2D eigenvalue weighted by atomic mass is 16.1. The summed E-state index contributed by atoms with van der Waals surface area (Å²) in [6.07, 6.45) is 2.57. The Kier molecular flexibility index (Phi) is 2.33. The minimum absolute atomic E-state index is 0.541. The fourth-order valence-electron chi connectivity index (χ4n) is 1.49. The molecule has 76 valence electrons. The number of aldehydes is 1. The summed E-state index contributed by atoms with van der Waals surface area (Å²) in [6.45, 7) is 3.81. The first kappa shape index (κ1) is 9.58. The largest absolute Gasteiger partial charge is 0.296 e. The average Bonchev–Trinajstić information content (AvgIpc) is 2.63. The normalized spacial score (nSPS) is 10.3. The number of carbonyl (C=O) groups excluding carboxylic acids is 1. The maximum Gasteiger partial charge on any atom is 0.234 e. The van der Waals surface area contributed by atoms with Crippen LogP contribution in [-0.4, -0.2) is 20.8 Å². The molecule has 2 heterocycles. The number of hydrogen-bond donors (Lipinski definition) is 0. The van der Waals surface area contributed by atoms with Crippen LogP contribution < -0.4 is 0 Å². The number of carbonyl (C=O) groups is 1. The Morgan fingerprint density at radius 1 is 1.27 bits per heavy atom. The van der Waals surface area contributed by atoms with Crippen molar-refractivity contribution in [3.63, 3.8) is 0 Å². The molecule has 0 radical (unpaired) electrons. The van der Waals surface area contributed by atoms with Gasteiger partial charge in [0.25, 0.3) is 0 Å². The Balaban J connectivity index is 2.58. The molecule has 2 aromatic heterocycles. The molecule has 0 spiro atoms. The van der Waals surface area contributed by atoms with E-state index < -0.39 is 0 Å². The predicted molar refractivity (Wildman–Crippen MR) is 56.2 cm³/mol. The molecule has 0 amide bonds. The lowest BCUT2D eigenvalue weighted by molar-refractivity contribution is 0.111. The zero-order chi connectivity index (χ0) is 10.8. The van der Waals surface area contributed by atoms with Gasteiger partial charge in [0.2, 0.25) is 5.95 Å². The third kappa shape index (κ3) is 1.79. The second-order valence-electron chi connectivity index (χ2n) is 3.37. The zero-order valence-electron chi connectivity index (χ0n) is 8.64. The van der Waals surface area contributed by atoms with E-state index >= 15 is 0 Å². The Morgan fingerprint density at radius 2 is 1.93 bits per heavy atom. The van der Waals surface area contributed by atoms with Gasteiger partial charge in [-0.2, -0.15) is 0 Å². The first-order valence-electron chi connectivity index (χ1n) is 4.66. The van der Waals surface area contributed by atoms with Gasteiger partial charge in [0.1, 0.15) is 0 Å². The van der Waals surface area contributed by atoms with Gasteiger partial charge in [-0.3, -0.25) is 9.36 Å². The van der Waals surface area contributed by atoms with Gasteiger partial charge in [0, 0.05) is 17.6 Å². The van der Waals surface area contributed by atoms with E-state index in [4.69, 9.17) is 0 Å². The highest BCUT2D eigenvalue weighted by molar-refractivity contribution is 5.73. The van der Waals surface area contributed by atoms with Crippen LogP contribution in [0.25, 0.3) is 5.95 Å². The molecule has 0 atom stereocenters. The summed E-state index contributed by atoms with van der Waals surface area (Å²) >= 11 is 0. The molecule has 0 saturated carbocycles. The van der Waals surface area contributed by atoms with Gasteiger partial charge in [-0.1, -0.05) is 0 Å². The van der Waals surface area contributed by atoms with Gasteiger partial charge in [0.15, 0.2) is 6.29 Å². The van der Waals surface area contributed by atoms with Gasteiger partial charge >= 0.3 is 0 Å². The lowest BCUT2D eigenvalue weighted by Crippen LogP contribution is -2.05. The van der Waals surface area contributed by atoms with Crippen molar-refractivity contribution < 1.29 is 4.79 Å². The van der Waals surface area contributed by atoms with Crippen molar-refractivity contribution in [3.05, 3.63) is 41.5 Å². The molecule has 0 aliphatic rings. The van der Waals surface area contributed by atoms with Crippen LogP contribution >= 0.6 is 0 Å². The number of hydrogen-bond acceptors (Lipinski definition) is 3. The molecule has 2 aromatic rings.